The van der Waals surface area contributed by atoms with Crippen LogP contribution < -0.4 is 5.32 Å². The quantitative estimate of drug-likeness (QED) is 0.706. The molecule has 0 atom stereocenters. The second-order valence-corrected chi connectivity index (χ2v) is 4.06. The van der Waals surface area contributed by atoms with E-state index in [1.165, 1.54) is 52.1 Å². The van der Waals surface area contributed by atoms with Gasteiger partial charge in [0.1, 0.15) is 0 Å². The van der Waals surface area contributed by atoms with E-state index in [2.05, 4.69) is 29.2 Å². The first kappa shape index (κ1) is 19.2. The molecule has 2 heterocycles. The average Bonchev–Trinajstić information content (AvgIpc) is 2.97. The summed E-state index contributed by atoms with van der Waals surface area (Å²) in [5.74, 6) is 0. The zero-order chi connectivity index (χ0) is 13.5. The van der Waals surface area contributed by atoms with Crippen LogP contribution in [0.25, 0.3) is 0 Å². The highest BCUT2D eigenvalue weighted by molar-refractivity contribution is 4.64. The van der Waals surface area contributed by atoms with Gasteiger partial charge in [0.2, 0.25) is 0 Å². The standard InChI is InChI=1S/C6H14N2.C4H9N.2C2H6/c1-7-3-5-8(2)6-4-7;1-2-4-5-3-1;2*1-2/h3-6H2,1-2H3;5H,1-4H2;2*1-2H3. The fraction of sp³-hybridized carbons (Fsp3) is 1.00. The van der Waals surface area contributed by atoms with Gasteiger partial charge in [0.25, 0.3) is 0 Å². The zero-order valence-electron chi connectivity index (χ0n) is 13.1. The molecule has 3 nitrogen and oxygen atoms in total. The van der Waals surface area contributed by atoms with E-state index in [0.29, 0.717) is 0 Å². The molecule has 17 heavy (non-hydrogen) atoms. The number of hydrogen-bond donors (Lipinski definition) is 1. The molecule has 0 radical (unpaired) electrons. The predicted octanol–water partition coefficient (Wildman–Crippen LogP) is 2.29. The fourth-order valence-corrected chi connectivity index (χ4v) is 1.53. The number of piperazine rings is 1. The van der Waals surface area contributed by atoms with Gasteiger partial charge in [-0.15, -0.1) is 0 Å². The van der Waals surface area contributed by atoms with Crippen LogP contribution in [0.15, 0.2) is 0 Å². The van der Waals surface area contributed by atoms with Gasteiger partial charge >= 0.3 is 0 Å². The summed E-state index contributed by atoms with van der Waals surface area (Å²) in [7, 11) is 4.35. The lowest BCUT2D eigenvalue weighted by Gasteiger charge is -2.28. The fourth-order valence-electron chi connectivity index (χ4n) is 1.53. The van der Waals surface area contributed by atoms with Crippen LogP contribution in [-0.2, 0) is 0 Å². The van der Waals surface area contributed by atoms with Crippen LogP contribution >= 0.6 is 0 Å². The van der Waals surface area contributed by atoms with Crippen LogP contribution in [0.5, 0.6) is 0 Å². The summed E-state index contributed by atoms with van der Waals surface area (Å²) < 4.78 is 0. The number of nitrogens with zero attached hydrogens (tertiary/aromatic N) is 2. The van der Waals surface area contributed by atoms with Gasteiger partial charge in [0.15, 0.2) is 0 Å². The lowest BCUT2D eigenvalue weighted by atomic mass is 10.4. The molecule has 106 valence electrons. The SMILES string of the molecule is C1CCNC1.CC.CC.CN1CCN(C)CC1. The third-order valence-electron chi connectivity index (χ3n) is 2.68. The summed E-state index contributed by atoms with van der Waals surface area (Å²) in [4.78, 5) is 4.72. The molecule has 0 aromatic rings. The van der Waals surface area contributed by atoms with Gasteiger partial charge in [0.05, 0.1) is 0 Å². The first-order valence-electron chi connectivity index (χ1n) is 7.37. The Balaban J connectivity index is 0. The summed E-state index contributed by atoms with van der Waals surface area (Å²) >= 11 is 0. The average molecular weight is 245 g/mol. The van der Waals surface area contributed by atoms with E-state index in [1.807, 2.05) is 27.7 Å². The number of likely N-dealkylation sites (N-methyl/N-ethyl adjacent to an activating group) is 2. The molecule has 1 N–H and O–H groups in total. The van der Waals surface area contributed by atoms with Crippen molar-refractivity contribution < 1.29 is 0 Å². The molecule has 2 fully saturated rings. The second kappa shape index (κ2) is 15.9. The van der Waals surface area contributed by atoms with Crippen LogP contribution in [0.4, 0.5) is 0 Å². The maximum absolute atomic E-state index is 3.22. The first-order chi connectivity index (χ1) is 8.29. The Morgan fingerprint density at radius 1 is 0.647 bits per heavy atom. The monoisotopic (exact) mass is 245 g/mol. The molecular formula is C14H35N3. The number of rotatable bonds is 0. The molecule has 2 saturated heterocycles. The van der Waals surface area contributed by atoms with E-state index < -0.39 is 0 Å². The van der Waals surface area contributed by atoms with Gasteiger partial charge in [-0.1, -0.05) is 27.7 Å². The third kappa shape index (κ3) is 13.8. The van der Waals surface area contributed by atoms with Crippen molar-refractivity contribution >= 4 is 0 Å². The Bertz CT molecular complexity index is 99.0. The van der Waals surface area contributed by atoms with Crippen LogP contribution in [0, 0.1) is 0 Å². The molecule has 0 saturated carbocycles. The largest absolute Gasteiger partial charge is 0.317 e. The molecular weight excluding hydrogens is 210 g/mol. The van der Waals surface area contributed by atoms with Crippen LogP contribution in [0.1, 0.15) is 40.5 Å². The zero-order valence-corrected chi connectivity index (χ0v) is 13.1. The van der Waals surface area contributed by atoms with Crippen molar-refractivity contribution in [2.45, 2.75) is 40.5 Å². The van der Waals surface area contributed by atoms with Crippen molar-refractivity contribution in [2.75, 3.05) is 53.4 Å². The molecule has 2 aliphatic rings. The highest BCUT2D eigenvalue weighted by Gasteiger charge is 2.07. The van der Waals surface area contributed by atoms with Crippen molar-refractivity contribution in [1.29, 1.82) is 0 Å². The van der Waals surface area contributed by atoms with E-state index >= 15 is 0 Å². The summed E-state index contributed by atoms with van der Waals surface area (Å²) in [6, 6.07) is 0. The van der Waals surface area contributed by atoms with E-state index in [4.69, 9.17) is 0 Å². The minimum absolute atomic E-state index is 1.23. The highest BCUT2D eigenvalue weighted by atomic mass is 15.2. The molecule has 0 unspecified atom stereocenters. The minimum atomic E-state index is 1.23. The summed E-state index contributed by atoms with van der Waals surface area (Å²) in [6.07, 6.45) is 2.78. The Morgan fingerprint density at radius 3 is 1.12 bits per heavy atom. The van der Waals surface area contributed by atoms with Crippen LogP contribution in [0.3, 0.4) is 0 Å². The molecule has 2 aliphatic heterocycles. The van der Waals surface area contributed by atoms with E-state index in [0.717, 1.165) is 0 Å². The summed E-state index contributed by atoms with van der Waals surface area (Å²) in [5.41, 5.74) is 0. The first-order valence-corrected chi connectivity index (χ1v) is 7.37. The number of hydrogen-bond acceptors (Lipinski definition) is 3. The highest BCUT2D eigenvalue weighted by Crippen LogP contribution is 1.93. The van der Waals surface area contributed by atoms with Crippen molar-refractivity contribution in [3.63, 3.8) is 0 Å². The molecule has 0 bridgehead atoms. The maximum Gasteiger partial charge on any atom is 0.0107 e. The lowest BCUT2D eigenvalue weighted by Crippen LogP contribution is -2.42. The minimum Gasteiger partial charge on any atom is -0.317 e. The van der Waals surface area contributed by atoms with Gasteiger partial charge in [-0.3, -0.25) is 0 Å². The molecule has 2 rings (SSSR count). The van der Waals surface area contributed by atoms with Gasteiger partial charge in [0, 0.05) is 26.2 Å². The van der Waals surface area contributed by atoms with Crippen molar-refractivity contribution in [2.24, 2.45) is 0 Å². The van der Waals surface area contributed by atoms with E-state index in [1.54, 1.807) is 0 Å². The maximum atomic E-state index is 3.22. The normalized spacial score (nSPS) is 20.1. The molecule has 0 aromatic heterocycles. The Labute approximate surface area is 110 Å². The lowest BCUT2D eigenvalue weighted by molar-refractivity contribution is 0.181. The van der Waals surface area contributed by atoms with Crippen LogP contribution in [-0.4, -0.2) is 63.2 Å². The Morgan fingerprint density at radius 2 is 0.941 bits per heavy atom. The predicted molar refractivity (Wildman–Crippen MR) is 79.8 cm³/mol. The smallest absolute Gasteiger partial charge is 0.0107 e. The van der Waals surface area contributed by atoms with Gasteiger partial charge in [-0.2, -0.15) is 0 Å². The molecule has 0 amide bonds. The van der Waals surface area contributed by atoms with Gasteiger partial charge < -0.3 is 15.1 Å². The van der Waals surface area contributed by atoms with Crippen molar-refractivity contribution in [3.05, 3.63) is 0 Å². The Hall–Kier alpha value is -0.120. The van der Waals surface area contributed by atoms with Gasteiger partial charge in [-0.25, -0.2) is 0 Å². The van der Waals surface area contributed by atoms with E-state index in [-0.39, 0.29) is 0 Å². The molecule has 0 aromatic carbocycles. The summed E-state index contributed by atoms with van der Waals surface area (Å²) in [6.45, 7) is 15.4. The third-order valence-corrected chi connectivity index (χ3v) is 2.68. The second-order valence-electron chi connectivity index (χ2n) is 4.06. The molecule has 0 aliphatic carbocycles. The Kier molecular flexibility index (Phi) is 18.0. The van der Waals surface area contributed by atoms with Gasteiger partial charge in [-0.05, 0) is 40.0 Å². The van der Waals surface area contributed by atoms with Crippen molar-refractivity contribution in [3.8, 4) is 0 Å². The van der Waals surface area contributed by atoms with Crippen LogP contribution in [0.2, 0.25) is 0 Å². The molecule has 3 heteroatoms. The topological polar surface area (TPSA) is 18.5 Å². The van der Waals surface area contributed by atoms with Crippen molar-refractivity contribution in [1.82, 2.24) is 15.1 Å². The van der Waals surface area contributed by atoms with E-state index in [9.17, 15) is 0 Å². The molecule has 0 spiro atoms. The summed E-state index contributed by atoms with van der Waals surface area (Å²) in [5, 5.41) is 3.22. The number of nitrogens with one attached hydrogen (secondary N) is 1.